The second-order valence-corrected chi connectivity index (χ2v) is 1.93. The summed E-state index contributed by atoms with van der Waals surface area (Å²) in [5.41, 5.74) is 6.06. The fourth-order valence-electron chi connectivity index (χ4n) is 0.0779. The molecule has 0 amide bonds. The summed E-state index contributed by atoms with van der Waals surface area (Å²) in [7, 11) is -1.36. The lowest BCUT2D eigenvalue weighted by Crippen LogP contribution is -1.37. The average molecular weight is 117 g/mol. The van der Waals surface area contributed by atoms with E-state index in [2.05, 4.69) is 15.3 Å². The third-order valence-corrected chi connectivity index (χ3v) is 0.553. The number of nitrogens with zero attached hydrogens (tertiary/aromatic N) is 4. The molecule has 1 atom stereocenters. The molecule has 0 rings (SSSR count). The summed E-state index contributed by atoms with van der Waals surface area (Å²) in [6.45, 7) is 1.49. The van der Waals surface area contributed by atoms with E-state index in [9.17, 15) is 0 Å². The van der Waals surface area contributed by atoms with Gasteiger partial charge in [0.2, 0.25) is 0 Å². The largest absolute Gasteiger partial charge is 0.218 e. The molecule has 0 aliphatic carbocycles. The van der Waals surface area contributed by atoms with Crippen LogP contribution < -0.4 is 0 Å². The Hall–Kier alpha value is -0.790. The molecule has 0 saturated heterocycles. The predicted octanol–water partition coefficient (Wildman–Crippen LogP) is 1.89. The van der Waals surface area contributed by atoms with E-state index in [1.807, 2.05) is 0 Å². The van der Waals surface area contributed by atoms with Gasteiger partial charge >= 0.3 is 0 Å². The van der Waals surface area contributed by atoms with Crippen LogP contribution in [0, 0.1) is 10.5 Å². The van der Waals surface area contributed by atoms with Gasteiger partial charge in [0.1, 0.15) is 0 Å². The minimum Gasteiger partial charge on any atom is -0.218 e. The Morgan fingerprint density at radius 2 is 2.29 bits per heavy atom. The van der Waals surface area contributed by atoms with E-state index in [4.69, 9.17) is 10.5 Å². The van der Waals surface area contributed by atoms with Crippen molar-refractivity contribution >= 4 is 7.71 Å². The smallest absolute Gasteiger partial charge is 0.185 e. The fourth-order valence-corrected chi connectivity index (χ4v) is 0.234. The molecule has 38 valence electrons. The maximum atomic E-state index is 8.34. The van der Waals surface area contributed by atoms with Crippen LogP contribution in [0.5, 0.6) is 0 Å². The van der Waals surface area contributed by atoms with Crippen LogP contribution in [0.1, 0.15) is 0 Å². The molecule has 0 aliphatic rings. The minimum absolute atomic E-state index is 1.36. The van der Waals surface area contributed by atoms with Gasteiger partial charge < -0.3 is 0 Å². The predicted molar refractivity (Wildman–Crippen MR) is 24.6 cm³/mol. The Labute approximate surface area is 41.3 Å². The molecule has 6 heteroatoms. The third-order valence-electron chi connectivity index (χ3n) is 0.214. The Kier molecular flexibility index (Phi) is 3.02. The SMILES string of the molecule is CP(#N)N=NN=N. The standard InChI is InChI=1S/CH4N5P/c1-7(3)6-5-4-2/h2H,1H3. The molecule has 0 heterocycles. The maximum Gasteiger partial charge on any atom is 0.185 e. The lowest BCUT2D eigenvalue weighted by Gasteiger charge is -1.65. The molecule has 0 fully saturated rings. The van der Waals surface area contributed by atoms with Crippen LogP contribution in [0.15, 0.2) is 15.3 Å². The van der Waals surface area contributed by atoms with Crippen molar-refractivity contribution in [3.63, 3.8) is 0 Å². The molecule has 1 N–H and O–H groups in total. The van der Waals surface area contributed by atoms with Crippen molar-refractivity contribution in [2.75, 3.05) is 6.66 Å². The van der Waals surface area contributed by atoms with Gasteiger partial charge in [-0.3, -0.25) is 0 Å². The third kappa shape index (κ3) is 5.21. The highest BCUT2D eigenvalue weighted by atomic mass is 31.1. The first-order valence-electron chi connectivity index (χ1n) is 1.47. The first-order chi connectivity index (χ1) is 3.27. The van der Waals surface area contributed by atoms with Gasteiger partial charge in [-0.25, -0.2) is 5.00 Å². The van der Waals surface area contributed by atoms with Crippen molar-refractivity contribution in [1.29, 1.82) is 10.5 Å². The molecule has 0 bridgehead atoms. The summed E-state index contributed by atoms with van der Waals surface area (Å²) in [6, 6.07) is 0. The van der Waals surface area contributed by atoms with Gasteiger partial charge in [-0.05, 0) is 10.4 Å². The van der Waals surface area contributed by atoms with Gasteiger partial charge in [0.15, 0.2) is 7.71 Å². The van der Waals surface area contributed by atoms with E-state index in [-0.39, 0.29) is 0 Å². The zero-order valence-electron chi connectivity index (χ0n) is 3.74. The van der Waals surface area contributed by atoms with Gasteiger partial charge in [0.05, 0.1) is 0 Å². The number of nitrogens with one attached hydrogen (secondary N) is 1. The van der Waals surface area contributed by atoms with Crippen LogP contribution in [0.4, 0.5) is 0 Å². The average Bonchev–Trinajstić information content (AvgIpc) is 1.61. The number of rotatable bonds is 1. The van der Waals surface area contributed by atoms with E-state index in [0.717, 1.165) is 0 Å². The maximum absolute atomic E-state index is 8.34. The number of hydrogen-bond donors (Lipinski definition) is 1. The summed E-state index contributed by atoms with van der Waals surface area (Å²) < 4.78 is 0. The first-order valence-corrected chi connectivity index (χ1v) is 3.17. The fraction of sp³-hybridized carbons (Fsp3) is 1.00. The molecule has 0 saturated carbocycles. The van der Waals surface area contributed by atoms with Crippen LogP contribution in [-0.4, -0.2) is 6.66 Å². The van der Waals surface area contributed by atoms with Crippen LogP contribution in [0.25, 0.3) is 0 Å². The van der Waals surface area contributed by atoms with Crippen LogP contribution >= 0.6 is 7.71 Å². The number of hydrogen-bond acceptors (Lipinski definition) is 3. The van der Waals surface area contributed by atoms with Gasteiger partial charge in [-0.1, -0.05) is 4.88 Å². The molecule has 0 spiro atoms. The zero-order chi connectivity index (χ0) is 5.70. The normalized spacial score (nSPS) is 11.7. The summed E-state index contributed by atoms with van der Waals surface area (Å²) >= 11 is 0. The van der Waals surface area contributed by atoms with E-state index in [1.54, 1.807) is 0 Å². The Morgan fingerprint density at radius 3 is 2.43 bits per heavy atom. The molecule has 0 aromatic heterocycles. The molecule has 5 nitrogen and oxygen atoms in total. The van der Waals surface area contributed by atoms with Gasteiger partial charge in [0, 0.05) is 6.66 Å². The highest BCUT2D eigenvalue weighted by Crippen LogP contribution is 2.11. The monoisotopic (exact) mass is 117 g/mol. The molecular weight excluding hydrogens is 113 g/mol. The van der Waals surface area contributed by atoms with Crippen molar-refractivity contribution < 1.29 is 0 Å². The molecule has 7 heavy (non-hydrogen) atoms. The zero-order valence-corrected chi connectivity index (χ0v) is 4.63. The van der Waals surface area contributed by atoms with Crippen molar-refractivity contribution in [2.24, 2.45) is 15.3 Å². The van der Waals surface area contributed by atoms with E-state index in [1.165, 1.54) is 6.66 Å². The molecular formula is CH4N5P. The summed E-state index contributed by atoms with van der Waals surface area (Å²) in [4.78, 5) is 3.13. The molecule has 0 radical (unpaired) electrons. The van der Waals surface area contributed by atoms with Gasteiger partial charge in [0.25, 0.3) is 0 Å². The summed E-state index contributed by atoms with van der Waals surface area (Å²) in [6.07, 6.45) is 0. The quantitative estimate of drug-likeness (QED) is 0.317. The molecule has 1 unspecified atom stereocenters. The Bertz CT molecular complexity index is 138. The first kappa shape index (κ1) is 6.21. The lowest BCUT2D eigenvalue weighted by molar-refractivity contribution is 0.929. The molecule has 0 aliphatic heterocycles. The van der Waals surface area contributed by atoms with Crippen LogP contribution in [-0.2, 0) is 0 Å². The van der Waals surface area contributed by atoms with Crippen molar-refractivity contribution in [3.8, 4) is 0 Å². The van der Waals surface area contributed by atoms with Crippen molar-refractivity contribution in [2.45, 2.75) is 0 Å². The van der Waals surface area contributed by atoms with Gasteiger partial charge in [-0.15, -0.1) is 0 Å². The Balaban J connectivity index is 3.54. The van der Waals surface area contributed by atoms with E-state index >= 15 is 0 Å². The Morgan fingerprint density at radius 1 is 1.71 bits per heavy atom. The highest BCUT2D eigenvalue weighted by Gasteiger charge is 1.71. The lowest BCUT2D eigenvalue weighted by atomic mass is 12.0. The second kappa shape index (κ2) is 3.40. The summed E-state index contributed by atoms with van der Waals surface area (Å²) in [5, 5.41) is 13.8. The van der Waals surface area contributed by atoms with E-state index in [0.29, 0.717) is 0 Å². The van der Waals surface area contributed by atoms with Crippen LogP contribution in [0.2, 0.25) is 0 Å². The highest BCUT2D eigenvalue weighted by molar-refractivity contribution is 7.40. The van der Waals surface area contributed by atoms with E-state index < -0.39 is 7.71 Å². The van der Waals surface area contributed by atoms with Gasteiger partial charge in [-0.2, -0.15) is 5.53 Å². The molecule has 0 aromatic carbocycles. The molecule has 0 aromatic rings. The second-order valence-electron chi connectivity index (χ2n) is 0.768. The topological polar surface area (TPSA) is 84.7 Å². The van der Waals surface area contributed by atoms with Crippen LogP contribution in [0.3, 0.4) is 0 Å². The van der Waals surface area contributed by atoms with Crippen molar-refractivity contribution in [1.82, 2.24) is 0 Å². The summed E-state index contributed by atoms with van der Waals surface area (Å²) in [5.74, 6) is 0. The minimum atomic E-state index is -1.36. The van der Waals surface area contributed by atoms with Crippen molar-refractivity contribution in [3.05, 3.63) is 0 Å².